The second kappa shape index (κ2) is 9.78. The molecule has 8 heteroatoms. The minimum atomic E-state index is -0.517. The highest BCUT2D eigenvalue weighted by atomic mass is 35.5. The van der Waals surface area contributed by atoms with Crippen molar-refractivity contribution in [1.82, 2.24) is 14.5 Å². The van der Waals surface area contributed by atoms with Gasteiger partial charge in [-0.2, -0.15) is 0 Å². The first-order valence-electron chi connectivity index (χ1n) is 9.95. The number of methoxy groups -OCH3 is 1. The molecular formula is C24H24ClN3O4. The molecule has 0 N–H and O–H groups in total. The highest BCUT2D eigenvalue weighted by molar-refractivity contribution is 6.30. The molecule has 7 nitrogen and oxygen atoms in total. The monoisotopic (exact) mass is 453 g/mol. The van der Waals surface area contributed by atoms with E-state index in [-0.39, 0.29) is 24.8 Å². The molecule has 166 valence electrons. The lowest BCUT2D eigenvalue weighted by Gasteiger charge is -2.22. The van der Waals surface area contributed by atoms with Gasteiger partial charge in [0.15, 0.2) is 5.78 Å². The van der Waals surface area contributed by atoms with Gasteiger partial charge in [-0.1, -0.05) is 17.7 Å². The van der Waals surface area contributed by atoms with Gasteiger partial charge >= 0.3 is 5.97 Å². The summed E-state index contributed by atoms with van der Waals surface area (Å²) in [6.07, 6.45) is 3.30. The first-order valence-corrected chi connectivity index (χ1v) is 10.3. The Labute approximate surface area is 191 Å². The van der Waals surface area contributed by atoms with Crippen molar-refractivity contribution in [3.8, 4) is 0 Å². The summed E-state index contributed by atoms with van der Waals surface area (Å²) in [5, 5.41) is 0.516. The van der Waals surface area contributed by atoms with E-state index in [1.165, 1.54) is 12.0 Å². The van der Waals surface area contributed by atoms with Crippen molar-refractivity contribution in [1.29, 1.82) is 0 Å². The lowest BCUT2D eigenvalue weighted by atomic mass is 10.0. The van der Waals surface area contributed by atoms with Crippen molar-refractivity contribution in [2.24, 2.45) is 7.05 Å². The topological polar surface area (TPSA) is 81.5 Å². The number of halogens is 1. The zero-order valence-corrected chi connectivity index (χ0v) is 19.1. The van der Waals surface area contributed by atoms with Gasteiger partial charge in [-0.25, -0.2) is 4.79 Å². The number of hydrogen-bond acceptors (Lipinski definition) is 5. The maximum Gasteiger partial charge on any atom is 0.354 e. The predicted molar refractivity (Wildman–Crippen MR) is 121 cm³/mol. The molecular weight excluding hydrogens is 430 g/mol. The van der Waals surface area contributed by atoms with Crippen LogP contribution in [0.5, 0.6) is 0 Å². The van der Waals surface area contributed by atoms with Crippen LogP contribution in [-0.2, 0) is 18.3 Å². The maximum absolute atomic E-state index is 13.4. The molecule has 0 saturated heterocycles. The minimum Gasteiger partial charge on any atom is -0.464 e. The second-order valence-corrected chi connectivity index (χ2v) is 7.87. The third kappa shape index (κ3) is 4.73. The number of pyridine rings is 1. The van der Waals surface area contributed by atoms with Gasteiger partial charge in [-0.05, 0) is 55.3 Å². The summed E-state index contributed by atoms with van der Waals surface area (Å²) >= 11 is 5.95. The number of aromatic nitrogens is 2. The van der Waals surface area contributed by atoms with Gasteiger partial charge < -0.3 is 14.2 Å². The molecule has 0 spiro atoms. The van der Waals surface area contributed by atoms with E-state index in [9.17, 15) is 14.4 Å². The normalized spacial score (nSPS) is 10.7. The summed E-state index contributed by atoms with van der Waals surface area (Å²) < 4.78 is 6.50. The largest absolute Gasteiger partial charge is 0.464 e. The third-order valence-corrected chi connectivity index (χ3v) is 5.65. The highest BCUT2D eigenvalue weighted by Gasteiger charge is 2.28. The van der Waals surface area contributed by atoms with Crippen molar-refractivity contribution in [3.05, 3.63) is 87.5 Å². The van der Waals surface area contributed by atoms with Crippen LogP contribution in [0.1, 0.15) is 48.0 Å². The fourth-order valence-corrected chi connectivity index (χ4v) is 3.84. The zero-order valence-electron chi connectivity index (χ0n) is 18.4. The summed E-state index contributed by atoms with van der Waals surface area (Å²) in [5.74, 6) is -1.09. The molecule has 32 heavy (non-hydrogen) atoms. The number of benzene rings is 1. The van der Waals surface area contributed by atoms with Crippen LogP contribution < -0.4 is 0 Å². The van der Waals surface area contributed by atoms with Gasteiger partial charge in [0.25, 0.3) is 5.91 Å². The number of amides is 1. The molecule has 0 radical (unpaired) electrons. The SMILES string of the molecule is COC(=O)c1c(C)c(C(=O)CN(Cc2cccnc2)C(=O)c2ccc(Cl)cc2)c(C)n1C. The van der Waals surface area contributed by atoms with Crippen LogP contribution in [0.2, 0.25) is 5.02 Å². The Morgan fingerprint density at radius 3 is 2.41 bits per heavy atom. The number of ether oxygens (including phenoxy) is 1. The van der Waals surface area contributed by atoms with Crippen LogP contribution >= 0.6 is 11.6 Å². The quantitative estimate of drug-likeness (QED) is 0.399. The van der Waals surface area contributed by atoms with Crippen LogP contribution in [0.4, 0.5) is 0 Å². The molecule has 0 fully saturated rings. The number of Topliss-reactive ketones (excluding diaryl/α,β-unsaturated/α-hetero) is 1. The average molecular weight is 454 g/mol. The van der Waals surface area contributed by atoms with E-state index in [1.54, 1.807) is 68.2 Å². The fourth-order valence-electron chi connectivity index (χ4n) is 3.71. The third-order valence-electron chi connectivity index (χ3n) is 5.40. The van der Waals surface area contributed by atoms with E-state index < -0.39 is 5.97 Å². The number of hydrogen-bond donors (Lipinski definition) is 0. The van der Waals surface area contributed by atoms with E-state index in [0.29, 0.717) is 33.1 Å². The summed E-state index contributed by atoms with van der Waals surface area (Å²) in [6, 6.07) is 10.1. The fraction of sp³-hybridized carbons (Fsp3) is 0.250. The van der Waals surface area contributed by atoms with Crippen molar-refractivity contribution >= 4 is 29.3 Å². The summed E-state index contributed by atoms with van der Waals surface area (Å²) in [4.78, 5) is 44.4. The summed E-state index contributed by atoms with van der Waals surface area (Å²) in [5.41, 5.74) is 3.10. The maximum atomic E-state index is 13.4. The Kier molecular flexibility index (Phi) is 7.10. The number of carbonyl (C=O) groups excluding carboxylic acids is 3. The number of rotatable bonds is 7. The summed E-state index contributed by atoms with van der Waals surface area (Å²) in [7, 11) is 3.00. The van der Waals surface area contributed by atoms with Gasteiger partial charge in [0.2, 0.25) is 0 Å². The molecule has 2 heterocycles. The highest BCUT2D eigenvalue weighted by Crippen LogP contribution is 2.23. The molecule has 0 bridgehead atoms. The van der Waals surface area contributed by atoms with Gasteiger partial charge in [0.1, 0.15) is 5.69 Å². The van der Waals surface area contributed by atoms with E-state index in [1.807, 2.05) is 6.07 Å². The Balaban J connectivity index is 1.96. The first-order chi connectivity index (χ1) is 15.2. The van der Waals surface area contributed by atoms with Crippen molar-refractivity contribution in [3.63, 3.8) is 0 Å². The van der Waals surface area contributed by atoms with Crippen LogP contribution in [0, 0.1) is 13.8 Å². The lowest BCUT2D eigenvalue weighted by Crippen LogP contribution is -2.35. The molecule has 0 unspecified atom stereocenters. The molecule has 2 aromatic heterocycles. The standard InChI is InChI=1S/C24H24ClN3O4/c1-15-21(16(2)27(3)22(15)24(31)32-4)20(29)14-28(13-17-6-5-11-26-12-17)23(30)18-7-9-19(25)10-8-18/h5-12H,13-14H2,1-4H3. The number of ketones is 1. The van der Waals surface area contributed by atoms with Crippen molar-refractivity contribution < 1.29 is 19.1 Å². The molecule has 1 amide bonds. The number of esters is 1. The number of carbonyl (C=O) groups is 3. The molecule has 0 aliphatic heterocycles. The van der Waals surface area contributed by atoms with Crippen LogP contribution in [0.25, 0.3) is 0 Å². The van der Waals surface area contributed by atoms with Crippen LogP contribution in [-0.4, -0.2) is 45.8 Å². The smallest absolute Gasteiger partial charge is 0.354 e. The average Bonchev–Trinajstić information content (AvgIpc) is 3.01. The minimum absolute atomic E-state index is 0.164. The first kappa shape index (κ1) is 23.2. The Bertz CT molecular complexity index is 1150. The Hall–Kier alpha value is -3.45. The summed E-state index contributed by atoms with van der Waals surface area (Å²) in [6.45, 7) is 3.51. The van der Waals surface area contributed by atoms with Gasteiger partial charge in [0.05, 0.1) is 13.7 Å². The molecule has 0 saturated carbocycles. The molecule has 0 aliphatic carbocycles. The Morgan fingerprint density at radius 2 is 1.81 bits per heavy atom. The predicted octanol–water partition coefficient (Wildman–Crippen LogP) is 4.00. The van der Waals surface area contributed by atoms with Gasteiger partial charge in [0, 0.05) is 47.8 Å². The second-order valence-electron chi connectivity index (χ2n) is 7.44. The molecule has 3 rings (SSSR count). The molecule has 1 aromatic carbocycles. The van der Waals surface area contributed by atoms with Crippen LogP contribution in [0.15, 0.2) is 48.8 Å². The van der Waals surface area contributed by atoms with Crippen LogP contribution in [0.3, 0.4) is 0 Å². The molecule has 0 aliphatic rings. The molecule has 0 atom stereocenters. The van der Waals surface area contributed by atoms with E-state index >= 15 is 0 Å². The van der Waals surface area contributed by atoms with E-state index in [2.05, 4.69) is 4.98 Å². The number of nitrogens with zero attached hydrogens (tertiary/aromatic N) is 3. The van der Waals surface area contributed by atoms with Gasteiger partial charge in [-0.3, -0.25) is 14.6 Å². The van der Waals surface area contributed by atoms with Crippen molar-refractivity contribution in [2.45, 2.75) is 20.4 Å². The van der Waals surface area contributed by atoms with Crippen molar-refractivity contribution in [2.75, 3.05) is 13.7 Å². The van der Waals surface area contributed by atoms with E-state index in [4.69, 9.17) is 16.3 Å². The van der Waals surface area contributed by atoms with E-state index in [0.717, 1.165) is 5.56 Å². The zero-order chi connectivity index (χ0) is 23.4. The lowest BCUT2D eigenvalue weighted by molar-refractivity contribution is 0.0588. The van der Waals surface area contributed by atoms with Gasteiger partial charge in [-0.15, -0.1) is 0 Å². The molecule has 3 aromatic rings. The Morgan fingerprint density at radius 1 is 1.12 bits per heavy atom.